The molecular formula is C23H15ClFN3OS. The number of benzene rings is 3. The van der Waals surface area contributed by atoms with E-state index in [4.69, 9.17) is 16.6 Å². The van der Waals surface area contributed by atoms with Gasteiger partial charge in [0, 0.05) is 34.5 Å². The quantitative estimate of drug-likeness (QED) is 0.380. The molecule has 0 bridgehead atoms. The fourth-order valence-corrected chi connectivity index (χ4v) is 4.49. The van der Waals surface area contributed by atoms with Crippen LogP contribution in [0.4, 0.5) is 4.39 Å². The van der Waals surface area contributed by atoms with E-state index < -0.39 is 0 Å². The second-order valence-electron chi connectivity index (χ2n) is 6.84. The van der Waals surface area contributed by atoms with Crippen LogP contribution in [-0.4, -0.2) is 15.3 Å². The maximum atomic E-state index is 13.7. The third kappa shape index (κ3) is 3.44. The van der Waals surface area contributed by atoms with Gasteiger partial charge in [0.2, 0.25) is 0 Å². The Kier molecular flexibility index (Phi) is 4.73. The number of imidazole rings is 1. The van der Waals surface area contributed by atoms with Gasteiger partial charge in [-0.3, -0.25) is 9.20 Å². The van der Waals surface area contributed by atoms with E-state index in [-0.39, 0.29) is 18.3 Å². The zero-order chi connectivity index (χ0) is 20.7. The molecule has 1 N–H and O–H groups in total. The van der Waals surface area contributed by atoms with E-state index in [1.165, 1.54) is 17.4 Å². The standard InChI is InChI=1S/C23H15ClFN3OS/c24-17-8-5-14(6-9-17)19-13-28-20-10-7-15(11-21(20)30-23(28)27-19)22(29)26-12-16-3-1-2-4-18(16)25/h1-11,13H,12H2,(H,26,29). The molecule has 0 saturated heterocycles. The molecule has 0 aliphatic carbocycles. The molecule has 2 heterocycles. The second-order valence-corrected chi connectivity index (χ2v) is 8.29. The minimum absolute atomic E-state index is 0.141. The van der Waals surface area contributed by atoms with Crippen molar-refractivity contribution in [1.29, 1.82) is 0 Å². The summed E-state index contributed by atoms with van der Waals surface area (Å²) in [6.45, 7) is 0.141. The number of amides is 1. The van der Waals surface area contributed by atoms with Crippen molar-refractivity contribution < 1.29 is 9.18 Å². The topological polar surface area (TPSA) is 46.4 Å². The number of rotatable bonds is 4. The molecule has 1 amide bonds. The summed E-state index contributed by atoms with van der Waals surface area (Å²) in [5.74, 6) is -0.572. The zero-order valence-electron chi connectivity index (χ0n) is 15.6. The predicted octanol–water partition coefficient (Wildman–Crippen LogP) is 5.94. The van der Waals surface area contributed by atoms with Gasteiger partial charge in [-0.25, -0.2) is 9.37 Å². The van der Waals surface area contributed by atoms with Gasteiger partial charge in [-0.15, -0.1) is 0 Å². The first kappa shape index (κ1) is 18.8. The van der Waals surface area contributed by atoms with Crippen LogP contribution in [0.5, 0.6) is 0 Å². The first-order valence-corrected chi connectivity index (χ1v) is 10.5. The Bertz CT molecular complexity index is 1390. The highest BCUT2D eigenvalue weighted by atomic mass is 35.5. The van der Waals surface area contributed by atoms with Crippen LogP contribution in [0.1, 0.15) is 15.9 Å². The van der Waals surface area contributed by atoms with Gasteiger partial charge < -0.3 is 5.32 Å². The number of carbonyl (C=O) groups is 1. The van der Waals surface area contributed by atoms with Crippen molar-refractivity contribution in [2.45, 2.75) is 6.54 Å². The third-order valence-corrected chi connectivity index (χ3v) is 6.16. The van der Waals surface area contributed by atoms with E-state index in [9.17, 15) is 9.18 Å². The molecule has 2 aromatic heterocycles. The van der Waals surface area contributed by atoms with E-state index in [0.717, 1.165) is 26.4 Å². The van der Waals surface area contributed by atoms with Crippen molar-refractivity contribution in [1.82, 2.24) is 14.7 Å². The van der Waals surface area contributed by atoms with Gasteiger partial charge >= 0.3 is 0 Å². The molecule has 30 heavy (non-hydrogen) atoms. The molecule has 0 radical (unpaired) electrons. The molecule has 0 spiro atoms. The van der Waals surface area contributed by atoms with Crippen LogP contribution in [0.15, 0.2) is 72.9 Å². The van der Waals surface area contributed by atoms with Crippen molar-refractivity contribution in [3.05, 3.63) is 94.9 Å². The van der Waals surface area contributed by atoms with Crippen molar-refractivity contribution in [3.63, 3.8) is 0 Å². The van der Waals surface area contributed by atoms with Crippen LogP contribution < -0.4 is 5.32 Å². The molecule has 0 fully saturated rings. The summed E-state index contributed by atoms with van der Waals surface area (Å²) in [7, 11) is 0. The van der Waals surface area contributed by atoms with Crippen LogP contribution >= 0.6 is 22.9 Å². The summed E-state index contributed by atoms with van der Waals surface area (Å²) < 4.78 is 16.7. The van der Waals surface area contributed by atoms with Gasteiger partial charge in [0.05, 0.1) is 15.9 Å². The highest BCUT2D eigenvalue weighted by Crippen LogP contribution is 2.30. The van der Waals surface area contributed by atoms with Crippen LogP contribution in [0.2, 0.25) is 5.02 Å². The smallest absolute Gasteiger partial charge is 0.251 e. The average molecular weight is 436 g/mol. The molecule has 5 aromatic rings. The van der Waals surface area contributed by atoms with Crippen LogP contribution in [0, 0.1) is 5.82 Å². The van der Waals surface area contributed by atoms with Crippen LogP contribution in [0.3, 0.4) is 0 Å². The molecular weight excluding hydrogens is 421 g/mol. The minimum Gasteiger partial charge on any atom is -0.348 e. The van der Waals surface area contributed by atoms with Crippen molar-refractivity contribution >= 4 is 44.0 Å². The van der Waals surface area contributed by atoms with Gasteiger partial charge in [-0.1, -0.05) is 53.3 Å². The Hall–Kier alpha value is -3.22. The largest absolute Gasteiger partial charge is 0.348 e. The molecule has 5 rings (SSSR count). The van der Waals surface area contributed by atoms with Gasteiger partial charge in [0.15, 0.2) is 4.96 Å². The van der Waals surface area contributed by atoms with Crippen LogP contribution in [0.25, 0.3) is 26.4 Å². The van der Waals surface area contributed by atoms with E-state index in [1.54, 1.807) is 24.3 Å². The van der Waals surface area contributed by atoms with E-state index >= 15 is 0 Å². The Balaban J connectivity index is 1.41. The van der Waals surface area contributed by atoms with Gasteiger partial charge in [-0.05, 0) is 36.4 Å². The highest BCUT2D eigenvalue weighted by Gasteiger charge is 2.13. The zero-order valence-corrected chi connectivity index (χ0v) is 17.2. The fraction of sp³-hybridized carbons (Fsp3) is 0.0435. The summed E-state index contributed by atoms with van der Waals surface area (Å²) in [6.07, 6.45) is 1.98. The molecule has 0 unspecified atom stereocenters. The summed E-state index contributed by atoms with van der Waals surface area (Å²) in [5.41, 5.74) is 3.82. The molecule has 0 aliphatic rings. The summed E-state index contributed by atoms with van der Waals surface area (Å²) >= 11 is 7.48. The van der Waals surface area contributed by atoms with Crippen molar-refractivity contribution in [2.75, 3.05) is 0 Å². The van der Waals surface area contributed by atoms with Gasteiger partial charge in [-0.2, -0.15) is 0 Å². The molecule has 0 atom stereocenters. The Morgan fingerprint density at radius 1 is 1.10 bits per heavy atom. The molecule has 0 saturated carbocycles. The average Bonchev–Trinajstić information content (AvgIpc) is 3.31. The molecule has 148 valence electrons. The normalized spacial score (nSPS) is 11.3. The lowest BCUT2D eigenvalue weighted by Crippen LogP contribution is -2.23. The van der Waals surface area contributed by atoms with Crippen LogP contribution in [-0.2, 0) is 6.54 Å². The minimum atomic E-state index is -0.329. The number of fused-ring (bicyclic) bond motifs is 3. The number of nitrogens with one attached hydrogen (secondary N) is 1. The molecule has 0 aliphatic heterocycles. The summed E-state index contributed by atoms with van der Waals surface area (Å²) in [5, 5.41) is 3.46. The first-order valence-electron chi connectivity index (χ1n) is 9.28. The lowest BCUT2D eigenvalue weighted by Gasteiger charge is -2.06. The van der Waals surface area contributed by atoms with Crippen molar-refractivity contribution in [2.24, 2.45) is 0 Å². The van der Waals surface area contributed by atoms with E-state index in [2.05, 4.69) is 5.32 Å². The fourth-order valence-electron chi connectivity index (χ4n) is 3.32. The number of nitrogens with zero attached hydrogens (tertiary/aromatic N) is 2. The Morgan fingerprint density at radius 2 is 1.90 bits per heavy atom. The second kappa shape index (κ2) is 7.55. The maximum Gasteiger partial charge on any atom is 0.251 e. The number of hydrogen-bond acceptors (Lipinski definition) is 3. The van der Waals surface area contributed by atoms with E-state index in [0.29, 0.717) is 16.1 Å². The number of aromatic nitrogens is 2. The maximum absolute atomic E-state index is 13.7. The summed E-state index contributed by atoms with van der Waals surface area (Å²) in [4.78, 5) is 18.1. The predicted molar refractivity (Wildman–Crippen MR) is 119 cm³/mol. The van der Waals surface area contributed by atoms with E-state index in [1.807, 2.05) is 47.0 Å². The monoisotopic (exact) mass is 435 g/mol. The Morgan fingerprint density at radius 3 is 2.70 bits per heavy atom. The first-order chi connectivity index (χ1) is 14.6. The molecule has 4 nitrogen and oxygen atoms in total. The van der Waals surface area contributed by atoms with Crippen molar-refractivity contribution in [3.8, 4) is 11.3 Å². The lowest BCUT2D eigenvalue weighted by atomic mass is 10.1. The third-order valence-electron chi connectivity index (χ3n) is 4.89. The lowest BCUT2D eigenvalue weighted by molar-refractivity contribution is 0.0950. The highest BCUT2D eigenvalue weighted by molar-refractivity contribution is 7.23. The SMILES string of the molecule is O=C(NCc1ccccc1F)c1ccc2c(c1)sc1nc(-c3ccc(Cl)cc3)cn12. The van der Waals surface area contributed by atoms with Gasteiger partial charge in [0.25, 0.3) is 5.91 Å². The summed E-state index contributed by atoms with van der Waals surface area (Å²) in [6, 6.07) is 19.5. The number of hydrogen-bond donors (Lipinski definition) is 1. The molecule has 3 aromatic carbocycles. The molecule has 7 heteroatoms. The van der Waals surface area contributed by atoms with Gasteiger partial charge in [0.1, 0.15) is 5.82 Å². The number of halogens is 2. The number of carbonyl (C=O) groups excluding carboxylic acids is 1. The Labute approximate surface area is 180 Å². The number of thiazole rings is 1.